The Morgan fingerprint density at radius 3 is 2.84 bits per heavy atom. The molecule has 0 aliphatic rings. The first-order valence-corrected chi connectivity index (χ1v) is 5.68. The zero-order valence-electron chi connectivity index (χ0n) is 10.6. The molecule has 1 amide bonds. The Balaban J connectivity index is 2.26. The van der Waals surface area contributed by atoms with Crippen molar-refractivity contribution in [2.75, 3.05) is 12.4 Å². The van der Waals surface area contributed by atoms with E-state index in [9.17, 15) is 9.18 Å². The van der Waals surface area contributed by atoms with E-state index in [4.69, 9.17) is 4.74 Å². The molecular formula is C14H13FN2O2. The molecule has 0 spiro atoms. The van der Waals surface area contributed by atoms with Crippen LogP contribution in [-0.4, -0.2) is 18.0 Å². The zero-order valence-corrected chi connectivity index (χ0v) is 10.6. The maximum atomic E-state index is 13.6. The molecule has 0 aliphatic carbocycles. The van der Waals surface area contributed by atoms with E-state index in [1.54, 1.807) is 25.1 Å². The number of amides is 1. The normalized spacial score (nSPS) is 10.1. The quantitative estimate of drug-likeness (QED) is 0.923. The number of methoxy groups -OCH3 is 1. The minimum Gasteiger partial charge on any atom is -0.480 e. The van der Waals surface area contributed by atoms with E-state index in [-0.39, 0.29) is 17.1 Å². The number of nitrogens with zero attached hydrogens (tertiary/aromatic N) is 1. The third-order valence-electron chi connectivity index (χ3n) is 2.58. The van der Waals surface area contributed by atoms with E-state index < -0.39 is 11.7 Å². The Morgan fingerprint density at radius 2 is 2.16 bits per heavy atom. The average Bonchev–Trinajstić information content (AvgIpc) is 2.41. The van der Waals surface area contributed by atoms with Gasteiger partial charge in [-0.15, -0.1) is 0 Å². The van der Waals surface area contributed by atoms with Gasteiger partial charge in [-0.1, -0.05) is 6.07 Å². The first kappa shape index (κ1) is 13.0. The number of pyridine rings is 1. The Kier molecular flexibility index (Phi) is 3.75. The molecular weight excluding hydrogens is 247 g/mol. The molecule has 0 saturated carbocycles. The fraction of sp³-hybridized carbons (Fsp3) is 0.143. The Bertz CT molecular complexity index is 614. The molecule has 2 aromatic rings. The van der Waals surface area contributed by atoms with Crippen molar-refractivity contribution in [1.29, 1.82) is 0 Å². The van der Waals surface area contributed by atoms with Crippen LogP contribution < -0.4 is 10.1 Å². The van der Waals surface area contributed by atoms with Gasteiger partial charge in [0, 0.05) is 6.20 Å². The van der Waals surface area contributed by atoms with Crippen molar-refractivity contribution >= 4 is 11.6 Å². The topological polar surface area (TPSA) is 51.2 Å². The van der Waals surface area contributed by atoms with Crippen LogP contribution in [0, 0.1) is 12.7 Å². The van der Waals surface area contributed by atoms with Crippen molar-refractivity contribution in [2.45, 2.75) is 6.92 Å². The minimum atomic E-state index is -0.476. The molecule has 4 nitrogen and oxygen atoms in total. The van der Waals surface area contributed by atoms with E-state index >= 15 is 0 Å². The molecule has 1 aromatic heterocycles. The van der Waals surface area contributed by atoms with Crippen molar-refractivity contribution in [2.24, 2.45) is 0 Å². The van der Waals surface area contributed by atoms with Gasteiger partial charge < -0.3 is 10.1 Å². The molecule has 0 saturated heterocycles. The number of carbonyl (C=O) groups is 1. The maximum absolute atomic E-state index is 13.6. The highest BCUT2D eigenvalue weighted by Gasteiger charge is 2.14. The first-order chi connectivity index (χ1) is 9.11. The number of benzene rings is 1. The lowest BCUT2D eigenvalue weighted by Gasteiger charge is -2.09. The lowest BCUT2D eigenvalue weighted by atomic mass is 10.2. The largest absolute Gasteiger partial charge is 0.480 e. The number of carbonyl (C=O) groups excluding carboxylic acids is 1. The van der Waals surface area contributed by atoms with E-state index in [1.165, 1.54) is 25.4 Å². The van der Waals surface area contributed by atoms with Crippen molar-refractivity contribution in [1.82, 2.24) is 4.98 Å². The predicted octanol–water partition coefficient (Wildman–Crippen LogP) is 2.79. The summed E-state index contributed by atoms with van der Waals surface area (Å²) < 4.78 is 18.6. The number of hydrogen-bond acceptors (Lipinski definition) is 3. The third kappa shape index (κ3) is 2.88. The van der Waals surface area contributed by atoms with Gasteiger partial charge in [-0.3, -0.25) is 4.79 Å². The first-order valence-electron chi connectivity index (χ1n) is 5.68. The lowest BCUT2D eigenvalue weighted by molar-refractivity contribution is 0.102. The van der Waals surface area contributed by atoms with Gasteiger partial charge in [0.15, 0.2) is 0 Å². The number of ether oxygens (including phenoxy) is 1. The van der Waals surface area contributed by atoms with Gasteiger partial charge in [0.25, 0.3) is 5.91 Å². The second-order valence-electron chi connectivity index (χ2n) is 4.00. The van der Waals surface area contributed by atoms with Crippen LogP contribution >= 0.6 is 0 Å². The predicted molar refractivity (Wildman–Crippen MR) is 69.9 cm³/mol. The van der Waals surface area contributed by atoms with Crippen molar-refractivity contribution in [3.63, 3.8) is 0 Å². The molecule has 0 radical (unpaired) electrons. The van der Waals surface area contributed by atoms with Gasteiger partial charge in [0.1, 0.15) is 11.4 Å². The summed E-state index contributed by atoms with van der Waals surface area (Å²) in [4.78, 5) is 16.0. The van der Waals surface area contributed by atoms with Gasteiger partial charge >= 0.3 is 0 Å². The summed E-state index contributed by atoms with van der Waals surface area (Å²) in [6, 6.07) is 7.77. The Morgan fingerprint density at radius 1 is 1.37 bits per heavy atom. The van der Waals surface area contributed by atoms with Gasteiger partial charge in [-0.25, -0.2) is 9.37 Å². The SMILES string of the molecule is COc1ncccc1C(=O)Nc1ccc(C)cc1F. The van der Waals surface area contributed by atoms with Crippen molar-refractivity contribution in [3.05, 3.63) is 53.5 Å². The van der Waals surface area contributed by atoms with Crippen LogP contribution in [0.25, 0.3) is 0 Å². The van der Waals surface area contributed by atoms with E-state index in [2.05, 4.69) is 10.3 Å². The summed E-state index contributed by atoms with van der Waals surface area (Å²) in [6.45, 7) is 1.78. The third-order valence-corrected chi connectivity index (χ3v) is 2.58. The molecule has 2 rings (SSSR count). The molecule has 0 aliphatic heterocycles. The Hall–Kier alpha value is -2.43. The molecule has 0 fully saturated rings. The molecule has 5 heteroatoms. The average molecular weight is 260 g/mol. The highest BCUT2D eigenvalue weighted by molar-refractivity contribution is 6.05. The summed E-state index contributed by atoms with van der Waals surface area (Å²) in [5.74, 6) is -0.739. The van der Waals surface area contributed by atoms with Crippen LogP contribution in [-0.2, 0) is 0 Å². The fourth-order valence-electron chi connectivity index (χ4n) is 1.64. The van der Waals surface area contributed by atoms with Gasteiger partial charge in [0.2, 0.25) is 5.88 Å². The van der Waals surface area contributed by atoms with Crippen LogP contribution in [0.2, 0.25) is 0 Å². The highest BCUT2D eigenvalue weighted by Crippen LogP contribution is 2.19. The van der Waals surface area contributed by atoms with Gasteiger partial charge in [-0.05, 0) is 36.8 Å². The summed E-state index contributed by atoms with van der Waals surface area (Å²) in [6.07, 6.45) is 1.52. The number of aryl methyl sites for hydroxylation is 1. The minimum absolute atomic E-state index is 0.126. The maximum Gasteiger partial charge on any atom is 0.261 e. The number of aromatic nitrogens is 1. The summed E-state index contributed by atoms with van der Waals surface area (Å²) in [7, 11) is 1.42. The van der Waals surface area contributed by atoms with Crippen molar-refractivity contribution < 1.29 is 13.9 Å². The molecule has 0 atom stereocenters. The number of nitrogens with one attached hydrogen (secondary N) is 1. The number of hydrogen-bond donors (Lipinski definition) is 1. The van der Waals surface area contributed by atoms with E-state index in [0.717, 1.165) is 5.56 Å². The number of anilines is 1. The molecule has 0 bridgehead atoms. The second-order valence-corrected chi connectivity index (χ2v) is 4.00. The molecule has 98 valence electrons. The van der Waals surface area contributed by atoms with Gasteiger partial charge in [-0.2, -0.15) is 0 Å². The van der Waals surface area contributed by atoms with Crippen LogP contribution in [0.4, 0.5) is 10.1 Å². The van der Waals surface area contributed by atoms with Gasteiger partial charge in [0.05, 0.1) is 12.8 Å². The fourth-order valence-corrected chi connectivity index (χ4v) is 1.64. The molecule has 1 aromatic carbocycles. The summed E-state index contributed by atoms with van der Waals surface area (Å²) in [5, 5.41) is 2.49. The lowest BCUT2D eigenvalue weighted by Crippen LogP contribution is -2.14. The molecule has 19 heavy (non-hydrogen) atoms. The standard InChI is InChI=1S/C14H13FN2O2/c1-9-5-6-12(11(15)8-9)17-13(18)10-4-3-7-16-14(10)19-2/h3-8H,1-2H3,(H,17,18). The summed E-state index contributed by atoms with van der Waals surface area (Å²) in [5.41, 5.74) is 1.17. The van der Waals surface area contributed by atoms with Crippen LogP contribution in [0.3, 0.4) is 0 Å². The molecule has 1 N–H and O–H groups in total. The van der Waals surface area contributed by atoms with Crippen LogP contribution in [0.15, 0.2) is 36.5 Å². The Labute approximate surface area is 110 Å². The van der Waals surface area contributed by atoms with Crippen LogP contribution in [0.1, 0.15) is 15.9 Å². The second kappa shape index (κ2) is 5.48. The van der Waals surface area contributed by atoms with Crippen molar-refractivity contribution in [3.8, 4) is 5.88 Å². The summed E-state index contributed by atoms with van der Waals surface area (Å²) >= 11 is 0. The molecule has 1 heterocycles. The monoisotopic (exact) mass is 260 g/mol. The van der Waals surface area contributed by atoms with E-state index in [1.807, 2.05) is 0 Å². The van der Waals surface area contributed by atoms with E-state index in [0.29, 0.717) is 0 Å². The number of halogens is 1. The number of rotatable bonds is 3. The smallest absolute Gasteiger partial charge is 0.261 e. The highest BCUT2D eigenvalue weighted by atomic mass is 19.1. The zero-order chi connectivity index (χ0) is 13.8. The van der Waals surface area contributed by atoms with Crippen LogP contribution in [0.5, 0.6) is 5.88 Å². The molecule has 0 unspecified atom stereocenters.